The van der Waals surface area contributed by atoms with Crippen LogP contribution < -0.4 is 10.2 Å². The fourth-order valence-electron chi connectivity index (χ4n) is 0.914. The standard InChI is InChI=1S/C9H12O2.C2H7N/c1-7(2)8-3-5-9(11-10)6-4-8;1-3-2/h3-7,10H,1-2H3;3H,1-2H3. The van der Waals surface area contributed by atoms with Gasteiger partial charge in [-0.15, -0.1) is 0 Å². The van der Waals surface area contributed by atoms with E-state index in [9.17, 15) is 0 Å². The van der Waals surface area contributed by atoms with Crippen molar-refractivity contribution >= 4 is 0 Å². The van der Waals surface area contributed by atoms with Crippen molar-refractivity contribution in [2.24, 2.45) is 0 Å². The van der Waals surface area contributed by atoms with Gasteiger partial charge in [0.25, 0.3) is 0 Å². The highest BCUT2D eigenvalue weighted by molar-refractivity contribution is 5.28. The smallest absolute Gasteiger partial charge is 0.165 e. The number of hydrogen-bond donors (Lipinski definition) is 2. The van der Waals surface area contributed by atoms with E-state index >= 15 is 0 Å². The van der Waals surface area contributed by atoms with Crippen molar-refractivity contribution < 1.29 is 10.1 Å². The maximum Gasteiger partial charge on any atom is 0.165 e. The third kappa shape index (κ3) is 4.84. The highest BCUT2D eigenvalue weighted by Crippen LogP contribution is 2.17. The normalized spacial score (nSPS) is 9.29. The van der Waals surface area contributed by atoms with Gasteiger partial charge in [-0.25, -0.2) is 5.26 Å². The monoisotopic (exact) mass is 197 g/mol. The van der Waals surface area contributed by atoms with Gasteiger partial charge in [-0.2, -0.15) is 0 Å². The molecule has 0 unspecified atom stereocenters. The third-order valence-corrected chi connectivity index (χ3v) is 1.65. The van der Waals surface area contributed by atoms with E-state index in [1.807, 2.05) is 26.2 Å². The fraction of sp³-hybridized carbons (Fsp3) is 0.455. The molecular formula is C11H19NO2. The highest BCUT2D eigenvalue weighted by Gasteiger charge is 1.98. The molecule has 0 aromatic heterocycles. The first-order chi connectivity index (χ1) is 6.65. The van der Waals surface area contributed by atoms with Gasteiger partial charge in [-0.3, -0.25) is 0 Å². The van der Waals surface area contributed by atoms with Crippen molar-refractivity contribution in [3.63, 3.8) is 0 Å². The van der Waals surface area contributed by atoms with Crippen molar-refractivity contribution in [1.82, 2.24) is 5.32 Å². The molecule has 0 saturated heterocycles. The maximum absolute atomic E-state index is 8.27. The summed E-state index contributed by atoms with van der Waals surface area (Å²) in [6.07, 6.45) is 0. The summed E-state index contributed by atoms with van der Waals surface area (Å²) in [4.78, 5) is 4.05. The van der Waals surface area contributed by atoms with Crippen LogP contribution in [0.5, 0.6) is 5.75 Å². The fourth-order valence-corrected chi connectivity index (χ4v) is 0.914. The van der Waals surface area contributed by atoms with E-state index in [0.717, 1.165) is 0 Å². The van der Waals surface area contributed by atoms with Gasteiger partial charge < -0.3 is 10.2 Å². The SMILES string of the molecule is CC(C)c1ccc(OO)cc1.CNC. The Balaban J connectivity index is 0.000000500. The van der Waals surface area contributed by atoms with Crippen molar-refractivity contribution in [1.29, 1.82) is 0 Å². The molecule has 0 aliphatic rings. The molecule has 0 bridgehead atoms. The number of rotatable bonds is 2. The van der Waals surface area contributed by atoms with Crippen LogP contribution in [0.15, 0.2) is 24.3 Å². The molecule has 0 fully saturated rings. The third-order valence-electron chi connectivity index (χ3n) is 1.65. The van der Waals surface area contributed by atoms with Gasteiger partial charge in [-0.05, 0) is 37.7 Å². The average Bonchev–Trinajstić information content (AvgIpc) is 2.19. The minimum Gasteiger partial charge on any atom is -0.340 e. The lowest BCUT2D eigenvalue weighted by molar-refractivity contribution is -0.137. The molecule has 1 aromatic rings. The van der Waals surface area contributed by atoms with Crippen LogP contribution in [0.1, 0.15) is 25.3 Å². The summed E-state index contributed by atoms with van der Waals surface area (Å²) in [5.41, 5.74) is 1.24. The molecule has 3 nitrogen and oxygen atoms in total. The molecule has 1 aromatic carbocycles. The Hall–Kier alpha value is -1.06. The summed E-state index contributed by atoms with van der Waals surface area (Å²) in [6, 6.07) is 7.37. The van der Waals surface area contributed by atoms with Crippen LogP contribution in [0.25, 0.3) is 0 Å². The van der Waals surface area contributed by atoms with Gasteiger partial charge in [0.2, 0.25) is 0 Å². The molecule has 14 heavy (non-hydrogen) atoms. The molecule has 0 spiro atoms. The van der Waals surface area contributed by atoms with Crippen molar-refractivity contribution in [3.8, 4) is 5.75 Å². The zero-order valence-electron chi connectivity index (χ0n) is 9.24. The number of nitrogens with one attached hydrogen (secondary N) is 1. The first-order valence-electron chi connectivity index (χ1n) is 4.65. The lowest BCUT2D eigenvalue weighted by Crippen LogP contribution is -1.89. The Morgan fingerprint density at radius 1 is 1.14 bits per heavy atom. The number of hydrogen-bond acceptors (Lipinski definition) is 3. The first-order valence-corrected chi connectivity index (χ1v) is 4.65. The second-order valence-corrected chi connectivity index (χ2v) is 3.32. The van der Waals surface area contributed by atoms with Gasteiger partial charge >= 0.3 is 0 Å². The van der Waals surface area contributed by atoms with Gasteiger partial charge in [0.15, 0.2) is 5.75 Å². The minimum atomic E-state index is 0.481. The van der Waals surface area contributed by atoms with E-state index in [2.05, 4.69) is 24.1 Å². The van der Waals surface area contributed by atoms with Crippen molar-refractivity contribution in [3.05, 3.63) is 29.8 Å². The quantitative estimate of drug-likeness (QED) is 0.565. The van der Waals surface area contributed by atoms with Crippen LogP contribution in [-0.2, 0) is 0 Å². The predicted molar refractivity (Wildman–Crippen MR) is 58.8 cm³/mol. The summed E-state index contributed by atoms with van der Waals surface area (Å²) in [6.45, 7) is 4.24. The summed E-state index contributed by atoms with van der Waals surface area (Å²) < 4.78 is 0. The Labute approximate surface area is 85.6 Å². The van der Waals surface area contributed by atoms with Gasteiger partial charge in [0, 0.05) is 0 Å². The van der Waals surface area contributed by atoms with Gasteiger partial charge in [0.1, 0.15) is 0 Å². The molecular weight excluding hydrogens is 178 g/mol. The molecule has 0 aliphatic heterocycles. The molecule has 0 aliphatic carbocycles. The van der Waals surface area contributed by atoms with Crippen LogP contribution in [0.4, 0.5) is 0 Å². The maximum atomic E-state index is 8.27. The van der Waals surface area contributed by atoms with E-state index in [4.69, 9.17) is 5.26 Å². The van der Waals surface area contributed by atoms with E-state index in [-0.39, 0.29) is 0 Å². The van der Waals surface area contributed by atoms with Crippen molar-refractivity contribution in [2.75, 3.05) is 14.1 Å². The summed E-state index contributed by atoms with van der Waals surface area (Å²) >= 11 is 0. The van der Waals surface area contributed by atoms with Gasteiger partial charge in [-0.1, -0.05) is 26.0 Å². The average molecular weight is 197 g/mol. The largest absolute Gasteiger partial charge is 0.340 e. The van der Waals surface area contributed by atoms with Gasteiger partial charge in [0.05, 0.1) is 0 Å². The van der Waals surface area contributed by atoms with Crippen LogP contribution in [-0.4, -0.2) is 19.4 Å². The second-order valence-electron chi connectivity index (χ2n) is 3.32. The predicted octanol–water partition coefficient (Wildman–Crippen LogP) is 2.50. The zero-order valence-corrected chi connectivity index (χ0v) is 9.24. The molecule has 0 amide bonds. The second kappa shape index (κ2) is 7.35. The Kier molecular flexibility index (Phi) is 6.80. The van der Waals surface area contributed by atoms with E-state index in [1.54, 1.807) is 12.1 Å². The Bertz CT molecular complexity index is 232. The Morgan fingerprint density at radius 3 is 1.86 bits per heavy atom. The zero-order chi connectivity index (χ0) is 11.0. The molecule has 2 N–H and O–H groups in total. The van der Waals surface area contributed by atoms with E-state index in [0.29, 0.717) is 11.7 Å². The summed E-state index contributed by atoms with van der Waals surface area (Å²) in [5.74, 6) is 0.997. The van der Waals surface area contributed by atoms with Crippen molar-refractivity contribution in [2.45, 2.75) is 19.8 Å². The molecule has 3 heteroatoms. The van der Waals surface area contributed by atoms with Crippen LogP contribution in [0, 0.1) is 0 Å². The lowest BCUT2D eigenvalue weighted by atomic mass is 10.0. The molecule has 0 heterocycles. The van der Waals surface area contributed by atoms with E-state index < -0.39 is 0 Å². The topological polar surface area (TPSA) is 41.5 Å². The molecule has 80 valence electrons. The van der Waals surface area contributed by atoms with Crippen LogP contribution >= 0.6 is 0 Å². The minimum absolute atomic E-state index is 0.481. The molecule has 0 radical (unpaired) electrons. The highest BCUT2D eigenvalue weighted by atomic mass is 17.1. The van der Waals surface area contributed by atoms with Crippen LogP contribution in [0.3, 0.4) is 0 Å². The van der Waals surface area contributed by atoms with Crippen LogP contribution in [0.2, 0.25) is 0 Å². The number of benzene rings is 1. The lowest BCUT2D eigenvalue weighted by Gasteiger charge is -2.04. The summed E-state index contributed by atoms with van der Waals surface area (Å²) in [7, 11) is 3.75. The van der Waals surface area contributed by atoms with E-state index in [1.165, 1.54) is 5.56 Å². The molecule has 1 rings (SSSR count). The molecule has 0 saturated carbocycles. The Morgan fingerprint density at radius 2 is 1.57 bits per heavy atom. The molecule has 0 atom stereocenters. The summed E-state index contributed by atoms with van der Waals surface area (Å²) in [5, 5.41) is 11.0. The first kappa shape index (κ1) is 12.9.